The Bertz CT molecular complexity index is 482. The van der Waals surface area contributed by atoms with Crippen molar-refractivity contribution in [1.82, 2.24) is 5.32 Å². The summed E-state index contributed by atoms with van der Waals surface area (Å²) in [5.74, 6) is -0.877. The van der Waals surface area contributed by atoms with Crippen LogP contribution in [0.4, 0.5) is 4.39 Å². The Morgan fingerprint density at radius 2 is 2.37 bits per heavy atom. The maximum Gasteiger partial charge on any atom is 0.251 e. The molecule has 0 radical (unpaired) electrons. The highest BCUT2D eigenvalue weighted by molar-refractivity contribution is 6.31. The molecule has 6 heteroatoms. The number of nitrogens with one attached hydrogen (secondary N) is 1. The van der Waals surface area contributed by atoms with Crippen LogP contribution in [-0.4, -0.2) is 30.7 Å². The van der Waals surface area contributed by atoms with Gasteiger partial charge >= 0.3 is 0 Å². The normalized spacial score (nSPS) is 25.8. The third-order valence-electron chi connectivity index (χ3n) is 3.23. The minimum absolute atomic E-state index is 0.0557. The molecule has 0 bridgehead atoms. The van der Waals surface area contributed by atoms with E-state index in [1.54, 1.807) is 0 Å². The van der Waals surface area contributed by atoms with Crippen molar-refractivity contribution >= 4 is 17.5 Å². The van der Waals surface area contributed by atoms with Crippen LogP contribution in [-0.2, 0) is 4.74 Å². The highest BCUT2D eigenvalue weighted by Gasteiger charge is 2.40. The second-order valence-electron chi connectivity index (χ2n) is 4.52. The Hall–Kier alpha value is -1.17. The lowest BCUT2D eigenvalue weighted by molar-refractivity contribution is -0.0300. The predicted octanol–water partition coefficient (Wildman–Crippen LogP) is 1.71. The van der Waals surface area contributed by atoms with Crippen LogP contribution in [0.3, 0.4) is 0 Å². The molecule has 1 fully saturated rings. The van der Waals surface area contributed by atoms with E-state index in [2.05, 4.69) is 5.32 Å². The van der Waals surface area contributed by atoms with Crippen molar-refractivity contribution in [2.24, 2.45) is 5.73 Å². The number of amides is 1. The van der Waals surface area contributed by atoms with Gasteiger partial charge in [-0.15, -0.1) is 0 Å². The summed E-state index contributed by atoms with van der Waals surface area (Å²) in [4.78, 5) is 12.0. The molecule has 1 aromatic carbocycles. The van der Waals surface area contributed by atoms with E-state index in [1.807, 2.05) is 6.92 Å². The van der Waals surface area contributed by atoms with Gasteiger partial charge in [0.2, 0.25) is 0 Å². The highest BCUT2D eigenvalue weighted by atomic mass is 35.5. The smallest absolute Gasteiger partial charge is 0.251 e. The van der Waals surface area contributed by atoms with Gasteiger partial charge in [-0.1, -0.05) is 11.6 Å². The lowest BCUT2D eigenvalue weighted by atomic mass is 9.83. The summed E-state index contributed by atoms with van der Waals surface area (Å²) in [6.07, 6.45) is 0.669. The van der Waals surface area contributed by atoms with Crippen molar-refractivity contribution in [2.45, 2.75) is 31.5 Å². The van der Waals surface area contributed by atoms with Crippen LogP contribution in [0.2, 0.25) is 5.02 Å². The maximum atomic E-state index is 13.0. The first-order valence-corrected chi connectivity index (χ1v) is 6.53. The van der Waals surface area contributed by atoms with E-state index in [-0.39, 0.29) is 29.1 Å². The molecule has 104 valence electrons. The quantitative estimate of drug-likeness (QED) is 0.886. The minimum Gasteiger partial charge on any atom is -0.376 e. The molecular formula is C13H16ClFN2O2. The molecule has 1 amide bonds. The van der Waals surface area contributed by atoms with Gasteiger partial charge in [0, 0.05) is 18.2 Å². The summed E-state index contributed by atoms with van der Waals surface area (Å²) in [7, 11) is 0. The zero-order valence-corrected chi connectivity index (χ0v) is 11.3. The standard InChI is InChI=1S/C13H16ClFN2O2/c1-2-19-11-6-10(16)12(11)17-13(18)7-3-4-9(15)8(14)5-7/h3-5,10-12H,2,6,16H2,1H3,(H,17,18). The fraction of sp³-hybridized carbons (Fsp3) is 0.462. The summed E-state index contributed by atoms with van der Waals surface area (Å²) in [6, 6.07) is 3.52. The second kappa shape index (κ2) is 5.86. The first kappa shape index (κ1) is 14.2. The summed E-state index contributed by atoms with van der Waals surface area (Å²) >= 11 is 5.64. The summed E-state index contributed by atoms with van der Waals surface area (Å²) in [5.41, 5.74) is 6.15. The number of carbonyl (C=O) groups is 1. The zero-order valence-electron chi connectivity index (χ0n) is 10.5. The van der Waals surface area contributed by atoms with E-state index in [0.717, 1.165) is 12.5 Å². The number of halogens is 2. The van der Waals surface area contributed by atoms with Crippen molar-refractivity contribution < 1.29 is 13.9 Å². The molecule has 1 aromatic rings. The molecule has 4 nitrogen and oxygen atoms in total. The molecule has 3 N–H and O–H groups in total. The van der Waals surface area contributed by atoms with E-state index < -0.39 is 5.82 Å². The van der Waals surface area contributed by atoms with Crippen molar-refractivity contribution in [2.75, 3.05) is 6.61 Å². The third kappa shape index (κ3) is 3.05. The van der Waals surface area contributed by atoms with Gasteiger partial charge in [-0.2, -0.15) is 0 Å². The number of carbonyl (C=O) groups excluding carboxylic acids is 1. The van der Waals surface area contributed by atoms with Gasteiger partial charge in [-0.25, -0.2) is 4.39 Å². The summed E-state index contributed by atoms with van der Waals surface area (Å²) < 4.78 is 18.5. The van der Waals surface area contributed by atoms with Gasteiger partial charge in [0.05, 0.1) is 17.2 Å². The van der Waals surface area contributed by atoms with E-state index in [4.69, 9.17) is 22.1 Å². The SMILES string of the molecule is CCOC1CC(N)C1NC(=O)c1ccc(F)c(Cl)c1. The molecule has 19 heavy (non-hydrogen) atoms. The Balaban J connectivity index is 2.02. The molecule has 1 aliphatic rings. The van der Waals surface area contributed by atoms with Gasteiger partial charge < -0.3 is 15.8 Å². The van der Waals surface area contributed by atoms with Crippen LogP contribution in [0.1, 0.15) is 23.7 Å². The van der Waals surface area contributed by atoms with Crippen LogP contribution in [0.25, 0.3) is 0 Å². The molecule has 3 atom stereocenters. The van der Waals surface area contributed by atoms with E-state index >= 15 is 0 Å². The maximum absolute atomic E-state index is 13.0. The molecule has 0 aliphatic heterocycles. The molecule has 1 aliphatic carbocycles. The fourth-order valence-electron chi connectivity index (χ4n) is 2.10. The van der Waals surface area contributed by atoms with Crippen LogP contribution in [0.5, 0.6) is 0 Å². The number of hydrogen-bond acceptors (Lipinski definition) is 3. The molecule has 3 unspecified atom stereocenters. The zero-order chi connectivity index (χ0) is 14.0. The van der Waals surface area contributed by atoms with Gasteiger partial charge in [0.25, 0.3) is 5.91 Å². The predicted molar refractivity (Wildman–Crippen MR) is 70.7 cm³/mol. The molecule has 0 heterocycles. The Morgan fingerprint density at radius 3 is 2.95 bits per heavy atom. The molecule has 0 spiro atoms. The Kier molecular flexibility index (Phi) is 4.39. The van der Waals surface area contributed by atoms with Crippen molar-refractivity contribution in [3.8, 4) is 0 Å². The van der Waals surface area contributed by atoms with Gasteiger partial charge in [-0.05, 0) is 31.5 Å². The van der Waals surface area contributed by atoms with Crippen molar-refractivity contribution in [1.29, 1.82) is 0 Å². The minimum atomic E-state index is -0.550. The molecule has 0 aromatic heterocycles. The Morgan fingerprint density at radius 1 is 1.63 bits per heavy atom. The van der Waals surface area contributed by atoms with E-state index in [0.29, 0.717) is 12.2 Å². The van der Waals surface area contributed by atoms with Crippen LogP contribution < -0.4 is 11.1 Å². The Labute approximate surface area is 116 Å². The van der Waals surface area contributed by atoms with Crippen molar-refractivity contribution in [3.05, 3.63) is 34.6 Å². The first-order valence-electron chi connectivity index (χ1n) is 6.16. The van der Waals surface area contributed by atoms with E-state index in [1.165, 1.54) is 12.1 Å². The number of rotatable bonds is 4. The lowest BCUT2D eigenvalue weighted by Crippen LogP contribution is -2.64. The first-order chi connectivity index (χ1) is 9.02. The van der Waals surface area contributed by atoms with Crippen molar-refractivity contribution in [3.63, 3.8) is 0 Å². The molecule has 0 saturated heterocycles. The highest BCUT2D eigenvalue weighted by Crippen LogP contribution is 2.23. The third-order valence-corrected chi connectivity index (χ3v) is 3.52. The fourth-order valence-corrected chi connectivity index (χ4v) is 2.28. The second-order valence-corrected chi connectivity index (χ2v) is 4.93. The van der Waals surface area contributed by atoms with E-state index in [9.17, 15) is 9.18 Å². The topological polar surface area (TPSA) is 64.3 Å². The number of benzene rings is 1. The monoisotopic (exact) mass is 286 g/mol. The number of nitrogens with two attached hydrogens (primary N) is 1. The van der Waals surface area contributed by atoms with Crippen LogP contribution in [0.15, 0.2) is 18.2 Å². The average molecular weight is 287 g/mol. The van der Waals surface area contributed by atoms with Gasteiger partial charge in [-0.3, -0.25) is 4.79 Å². The summed E-state index contributed by atoms with van der Waals surface area (Å²) in [6.45, 7) is 2.47. The average Bonchev–Trinajstić information content (AvgIpc) is 2.38. The number of hydrogen-bond donors (Lipinski definition) is 2. The number of ether oxygens (including phenoxy) is 1. The lowest BCUT2D eigenvalue weighted by Gasteiger charge is -2.42. The van der Waals surface area contributed by atoms with Crippen LogP contribution >= 0.6 is 11.6 Å². The molecule has 2 rings (SSSR count). The largest absolute Gasteiger partial charge is 0.376 e. The molecular weight excluding hydrogens is 271 g/mol. The van der Waals surface area contributed by atoms with Gasteiger partial charge in [0.15, 0.2) is 0 Å². The molecule has 1 saturated carbocycles. The van der Waals surface area contributed by atoms with Crippen LogP contribution in [0, 0.1) is 5.82 Å². The van der Waals surface area contributed by atoms with Gasteiger partial charge in [0.1, 0.15) is 5.82 Å². The summed E-state index contributed by atoms with van der Waals surface area (Å²) in [5, 5.41) is 2.72.